The van der Waals surface area contributed by atoms with Gasteiger partial charge in [-0.3, -0.25) is 9.59 Å². The average Bonchev–Trinajstić information content (AvgIpc) is 3.06. The molecule has 0 spiro atoms. The second kappa shape index (κ2) is 7.32. The number of nitrogens with zero attached hydrogens (tertiary/aromatic N) is 2. The molecule has 3 rings (SSSR count). The lowest BCUT2D eigenvalue weighted by atomic mass is 9.94. The van der Waals surface area contributed by atoms with E-state index in [0.717, 1.165) is 37.8 Å². The summed E-state index contributed by atoms with van der Waals surface area (Å²) in [4.78, 5) is 28.2. The molecule has 24 heavy (non-hydrogen) atoms. The summed E-state index contributed by atoms with van der Waals surface area (Å²) < 4.78 is 0. The summed E-state index contributed by atoms with van der Waals surface area (Å²) in [6.07, 6.45) is 3.46. The molecule has 2 aliphatic heterocycles. The number of piperidine rings is 1. The minimum Gasteiger partial charge on any atom is -0.343 e. The van der Waals surface area contributed by atoms with Gasteiger partial charge in [0.1, 0.15) is 0 Å². The number of hydrogen-bond acceptors (Lipinski definition) is 2. The van der Waals surface area contributed by atoms with Crippen LogP contribution in [0.5, 0.6) is 0 Å². The van der Waals surface area contributed by atoms with Crippen LogP contribution in [-0.2, 0) is 9.59 Å². The zero-order chi connectivity index (χ0) is 17.3. The van der Waals surface area contributed by atoms with Gasteiger partial charge in [-0.2, -0.15) is 0 Å². The van der Waals surface area contributed by atoms with Crippen LogP contribution < -0.4 is 0 Å². The van der Waals surface area contributed by atoms with Gasteiger partial charge >= 0.3 is 0 Å². The number of rotatable bonds is 2. The van der Waals surface area contributed by atoms with Crippen LogP contribution in [0.2, 0.25) is 10.0 Å². The molecule has 1 aromatic rings. The van der Waals surface area contributed by atoms with E-state index in [1.165, 1.54) is 0 Å². The smallest absolute Gasteiger partial charge is 0.226 e. The van der Waals surface area contributed by atoms with E-state index in [9.17, 15) is 9.59 Å². The van der Waals surface area contributed by atoms with Gasteiger partial charge < -0.3 is 9.80 Å². The largest absolute Gasteiger partial charge is 0.343 e. The molecule has 6 heteroatoms. The Kier molecular flexibility index (Phi) is 5.36. The predicted octanol–water partition coefficient (Wildman–Crippen LogP) is 3.92. The lowest BCUT2D eigenvalue weighted by Crippen LogP contribution is -2.43. The van der Waals surface area contributed by atoms with Gasteiger partial charge in [0.2, 0.25) is 11.8 Å². The highest BCUT2D eigenvalue weighted by Crippen LogP contribution is 2.36. The van der Waals surface area contributed by atoms with E-state index in [4.69, 9.17) is 23.2 Å². The molecule has 0 bridgehead atoms. The van der Waals surface area contributed by atoms with Crippen molar-refractivity contribution in [1.29, 1.82) is 0 Å². The van der Waals surface area contributed by atoms with Crippen molar-refractivity contribution < 1.29 is 9.59 Å². The van der Waals surface area contributed by atoms with Gasteiger partial charge in [-0.1, -0.05) is 29.3 Å². The number of benzene rings is 1. The molecule has 0 radical (unpaired) electrons. The van der Waals surface area contributed by atoms with Gasteiger partial charge in [-0.25, -0.2) is 0 Å². The zero-order valence-electron chi connectivity index (χ0n) is 13.8. The summed E-state index contributed by atoms with van der Waals surface area (Å²) >= 11 is 12.1. The Hall–Kier alpha value is -1.26. The first-order valence-corrected chi connectivity index (χ1v) is 9.24. The summed E-state index contributed by atoms with van der Waals surface area (Å²) in [6, 6.07) is 5.71. The topological polar surface area (TPSA) is 40.6 Å². The number of likely N-dealkylation sites (tertiary alicyclic amines) is 2. The molecule has 2 heterocycles. The minimum absolute atomic E-state index is 0.0176. The van der Waals surface area contributed by atoms with Crippen molar-refractivity contribution in [2.24, 2.45) is 5.92 Å². The quantitative estimate of drug-likeness (QED) is 0.793. The number of amides is 2. The number of halogens is 2. The molecule has 0 N–H and O–H groups in total. The van der Waals surface area contributed by atoms with Gasteiger partial charge in [0.15, 0.2) is 0 Å². The SMILES string of the molecule is CC(=O)N1CCC(C(=O)N2CCCC2c2ccc(Cl)c(Cl)c2)CC1. The van der Waals surface area contributed by atoms with Crippen LogP contribution in [0.4, 0.5) is 0 Å². The van der Waals surface area contributed by atoms with E-state index in [2.05, 4.69) is 0 Å². The Morgan fingerprint density at radius 1 is 1.04 bits per heavy atom. The van der Waals surface area contributed by atoms with E-state index >= 15 is 0 Å². The van der Waals surface area contributed by atoms with E-state index < -0.39 is 0 Å². The lowest BCUT2D eigenvalue weighted by molar-refractivity contribution is -0.140. The van der Waals surface area contributed by atoms with E-state index in [1.807, 2.05) is 21.9 Å². The molecule has 1 unspecified atom stereocenters. The normalized spacial score (nSPS) is 22.0. The van der Waals surface area contributed by atoms with Gasteiger partial charge in [0.05, 0.1) is 16.1 Å². The molecule has 0 aliphatic carbocycles. The third-order valence-corrected chi connectivity index (χ3v) is 5.89. The summed E-state index contributed by atoms with van der Waals surface area (Å²) in [7, 11) is 0. The highest BCUT2D eigenvalue weighted by Gasteiger charge is 2.35. The maximum Gasteiger partial charge on any atom is 0.226 e. The van der Waals surface area contributed by atoms with E-state index in [1.54, 1.807) is 13.0 Å². The highest BCUT2D eigenvalue weighted by molar-refractivity contribution is 6.42. The van der Waals surface area contributed by atoms with Crippen LogP contribution in [0.1, 0.15) is 44.2 Å². The van der Waals surface area contributed by atoms with Crippen molar-refractivity contribution in [2.75, 3.05) is 19.6 Å². The van der Waals surface area contributed by atoms with E-state index in [-0.39, 0.29) is 23.8 Å². The molecule has 2 aliphatic rings. The summed E-state index contributed by atoms with van der Waals surface area (Å²) in [5, 5.41) is 1.07. The van der Waals surface area contributed by atoms with Crippen LogP contribution in [0, 0.1) is 5.92 Å². The van der Waals surface area contributed by atoms with Crippen molar-refractivity contribution >= 4 is 35.0 Å². The van der Waals surface area contributed by atoms with E-state index in [0.29, 0.717) is 23.1 Å². The van der Waals surface area contributed by atoms with Crippen molar-refractivity contribution in [3.8, 4) is 0 Å². The average molecular weight is 369 g/mol. The van der Waals surface area contributed by atoms with Crippen molar-refractivity contribution in [1.82, 2.24) is 9.80 Å². The van der Waals surface area contributed by atoms with Gasteiger partial charge in [0, 0.05) is 32.5 Å². The molecule has 0 aromatic heterocycles. The van der Waals surface area contributed by atoms with Crippen molar-refractivity contribution in [2.45, 2.75) is 38.6 Å². The van der Waals surface area contributed by atoms with Crippen molar-refractivity contribution in [3.63, 3.8) is 0 Å². The zero-order valence-corrected chi connectivity index (χ0v) is 15.3. The van der Waals surface area contributed by atoms with Gasteiger partial charge in [0.25, 0.3) is 0 Å². The fourth-order valence-corrected chi connectivity index (χ4v) is 4.08. The molecular weight excluding hydrogens is 347 g/mol. The first-order chi connectivity index (χ1) is 11.5. The Morgan fingerprint density at radius 3 is 2.38 bits per heavy atom. The molecule has 2 saturated heterocycles. The van der Waals surface area contributed by atoms with Crippen molar-refractivity contribution in [3.05, 3.63) is 33.8 Å². The lowest BCUT2D eigenvalue weighted by Gasteiger charge is -2.34. The number of carbonyl (C=O) groups is 2. The maximum absolute atomic E-state index is 13.0. The summed E-state index contributed by atoms with van der Waals surface area (Å²) in [5.74, 6) is 0.325. The monoisotopic (exact) mass is 368 g/mol. The first-order valence-electron chi connectivity index (χ1n) is 8.48. The molecule has 1 atom stereocenters. The fraction of sp³-hybridized carbons (Fsp3) is 0.556. The summed E-state index contributed by atoms with van der Waals surface area (Å²) in [5.41, 5.74) is 1.05. The molecule has 2 fully saturated rings. The highest BCUT2D eigenvalue weighted by atomic mass is 35.5. The predicted molar refractivity (Wildman–Crippen MR) is 95.1 cm³/mol. The summed E-state index contributed by atoms with van der Waals surface area (Å²) in [6.45, 7) is 3.73. The first kappa shape index (κ1) is 17.6. The minimum atomic E-state index is 0.0176. The fourth-order valence-electron chi connectivity index (χ4n) is 3.77. The van der Waals surface area contributed by atoms with Crippen LogP contribution in [0.25, 0.3) is 0 Å². The molecule has 1 aromatic carbocycles. The standard InChI is InChI=1S/C18H22Cl2N2O2/c1-12(23)21-9-6-13(7-10-21)18(24)22-8-2-3-17(22)14-4-5-15(19)16(20)11-14/h4-5,11,13,17H,2-3,6-10H2,1H3. The molecule has 4 nitrogen and oxygen atoms in total. The third-order valence-electron chi connectivity index (χ3n) is 5.15. The van der Waals surface area contributed by atoms with Crippen LogP contribution in [0.15, 0.2) is 18.2 Å². The van der Waals surface area contributed by atoms with Gasteiger partial charge in [-0.15, -0.1) is 0 Å². The Labute approximate surface area is 152 Å². The second-order valence-electron chi connectivity index (χ2n) is 6.64. The van der Waals surface area contributed by atoms with Gasteiger partial charge in [-0.05, 0) is 43.4 Å². The number of carbonyl (C=O) groups excluding carboxylic acids is 2. The third kappa shape index (κ3) is 3.55. The second-order valence-corrected chi connectivity index (χ2v) is 7.46. The molecule has 130 valence electrons. The molecule has 0 saturated carbocycles. The molecule has 2 amide bonds. The Balaban J connectivity index is 1.70. The molecular formula is C18H22Cl2N2O2. The van der Waals surface area contributed by atoms with Crippen LogP contribution in [-0.4, -0.2) is 41.2 Å². The Morgan fingerprint density at radius 2 is 1.75 bits per heavy atom. The Bertz CT molecular complexity index is 642. The maximum atomic E-state index is 13.0. The van der Waals surface area contributed by atoms with Crippen LogP contribution in [0.3, 0.4) is 0 Å². The van der Waals surface area contributed by atoms with Crippen LogP contribution >= 0.6 is 23.2 Å². The number of hydrogen-bond donors (Lipinski definition) is 0.